The molecule has 0 spiro atoms. The van der Waals surface area contributed by atoms with Crippen LogP contribution in [0.25, 0.3) is 0 Å². The van der Waals surface area contributed by atoms with E-state index in [0.29, 0.717) is 11.8 Å². The molecule has 4 nitrogen and oxygen atoms in total. The first-order valence-corrected chi connectivity index (χ1v) is 17.7. The molecule has 0 N–H and O–H groups in total. The number of hydrogen-bond acceptors (Lipinski definition) is 4. The van der Waals surface area contributed by atoms with Crippen LogP contribution in [0.1, 0.15) is 99.9 Å². The second-order valence-corrected chi connectivity index (χ2v) is 17.2. The molecule has 49 heavy (non-hydrogen) atoms. The molecule has 4 aromatic rings. The molecule has 0 aromatic heterocycles. The molecule has 256 valence electrons. The lowest BCUT2D eigenvalue weighted by molar-refractivity contribution is 0.0390. The number of hydrogen-bond donors (Lipinski definition) is 0. The van der Waals surface area contributed by atoms with E-state index >= 15 is 0 Å². The van der Waals surface area contributed by atoms with Crippen molar-refractivity contribution in [3.63, 3.8) is 0 Å². The van der Waals surface area contributed by atoms with Gasteiger partial charge in [-0.2, -0.15) is 0 Å². The zero-order chi connectivity index (χ0) is 35.6. The maximum absolute atomic E-state index is 7.44. The van der Waals surface area contributed by atoms with Gasteiger partial charge in [0.1, 0.15) is 17.5 Å². The highest BCUT2D eigenvalue weighted by Gasteiger charge is 2.61. The third kappa shape index (κ3) is 5.92. The quantitative estimate of drug-likeness (QED) is 0.208. The minimum atomic E-state index is -0.833. The van der Waals surface area contributed by atoms with E-state index in [0.717, 1.165) is 22.3 Å². The third-order valence-corrected chi connectivity index (χ3v) is 10.4. The van der Waals surface area contributed by atoms with Gasteiger partial charge in [0.15, 0.2) is 11.2 Å². The molecule has 0 amide bonds. The van der Waals surface area contributed by atoms with Gasteiger partial charge in [-0.25, -0.2) is 9.98 Å². The van der Waals surface area contributed by atoms with E-state index in [9.17, 15) is 0 Å². The van der Waals surface area contributed by atoms with E-state index in [1.165, 1.54) is 22.3 Å². The first kappa shape index (κ1) is 34.7. The van der Waals surface area contributed by atoms with Crippen LogP contribution in [-0.2, 0) is 20.7 Å². The lowest BCUT2D eigenvalue weighted by atomic mass is 9.70. The average molecular weight is 655 g/mol. The van der Waals surface area contributed by atoms with Gasteiger partial charge in [0.2, 0.25) is 11.8 Å². The van der Waals surface area contributed by atoms with Crippen LogP contribution in [0.4, 0.5) is 0 Å². The molecule has 2 aliphatic rings. The largest absolute Gasteiger partial charge is 0.462 e. The van der Waals surface area contributed by atoms with E-state index < -0.39 is 16.6 Å². The molecule has 0 bridgehead atoms. The fraction of sp³-hybridized carbons (Fsp3) is 0.422. The average Bonchev–Trinajstić information content (AvgIpc) is 3.66. The summed E-state index contributed by atoms with van der Waals surface area (Å²) in [4.78, 5) is 11.1. The third-order valence-electron chi connectivity index (χ3n) is 10.4. The fourth-order valence-electron chi connectivity index (χ4n) is 7.57. The van der Waals surface area contributed by atoms with Crippen molar-refractivity contribution >= 4 is 11.8 Å². The van der Waals surface area contributed by atoms with Gasteiger partial charge in [0.25, 0.3) is 0 Å². The summed E-state index contributed by atoms with van der Waals surface area (Å²) < 4.78 is 14.9. The molecule has 0 saturated heterocycles. The van der Waals surface area contributed by atoms with Gasteiger partial charge in [-0.15, -0.1) is 0 Å². The number of benzene rings is 4. The van der Waals surface area contributed by atoms with Crippen LogP contribution in [0.2, 0.25) is 0 Å². The summed E-state index contributed by atoms with van der Waals surface area (Å²) in [7, 11) is 0. The predicted molar refractivity (Wildman–Crippen MR) is 204 cm³/mol. The summed E-state index contributed by atoms with van der Waals surface area (Å²) in [5.41, 5.74) is 6.29. The van der Waals surface area contributed by atoms with Crippen LogP contribution >= 0.6 is 0 Å². The SMILES string of the molecule is Cc1ccc(C2(c3ccc(C)cc3)OC(C(C)(C)C3=N[C@@H](C(C)(C)C)C(c4ccc(C)cc4)(c4ccc(C)cc4)O3)=N[C@H]2C(C)(C)C)cc1. The standard InChI is InChI=1S/C45H54N2O2/c1-29-13-21-33(22-14-29)44(34-23-15-30(2)16-24-34)37(41(5,6)7)46-39(48-44)43(11,12)40-47-38(42(8,9)10)45(49-40,35-25-17-31(3)18-26-35)36-27-19-32(4)20-28-36/h13-28,37-38H,1-12H3/t37-,38-/m0/s1. The van der Waals surface area contributed by atoms with Gasteiger partial charge in [0, 0.05) is 22.3 Å². The number of ether oxygens (including phenoxy) is 2. The molecule has 4 aromatic carbocycles. The molecule has 2 atom stereocenters. The maximum atomic E-state index is 7.44. The van der Waals surface area contributed by atoms with Gasteiger partial charge >= 0.3 is 0 Å². The summed E-state index contributed by atoms with van der Waals surface area (Å²) in [5, 5.41) is 0. The summed E-state index contributed by atoms with van der Waals surface area (Å²) in [5.74, 6) is 1.28. The van der Waals surface area contributed by atoms with Crippen LogP contribution in [0.5, 0.6) is 0 Å². The molecular formula is C45H54N2O2. The molecular weight excluding hydrogens is 601 g/mol. The summed E-state index contributed by atoms with van der Waals surface area (Å²) in [6.07, 6.45) is 0. The zero-order valence-corrected chi connectivity index (χ0v) is 31.6. The second kappa shape index (κ2) is 12.0. The molecule has 0 saturated carbocycles. The number of rotatable bonds is 6. The minimum absolute atomic E-state index is 0.209. The van der Waals surface area contributed by atoms with Gasteiger partial charge in [-0.05, 0) is 52.4 Å². The van der Waals surface area contributed by atoms with Crippen molar-refractivity contribution in [1.29, 1.82) is 0 Å². The van der Waals surface area contributed by atoms with Gasteiger partial charge < -0.3 is 9.47 Å². The van der Waals surface area contributed by atoms with Gasteiger partial charge in [0.05, 0.1) is 0 Å². The van der Waals surface area contributed by atoms with Gasteiger partial charge in [-0.3, -0.25) is 0 Å². The van der Waals surface area contributed by atoms with E-state index in [-0.39, 0.29) is 22.9 Å². The molecule has 0 unspecified atom stereocenters. The molecule has 0 aliphatic carbocycles. The monoisotopic (exact) mass is 654 g/mol. The van der Waals surface area contributed by atoms with Crippen molar-refractivity contribution in [3.05, 3.63) is 142 Å². The fourth-order valence-corrected chi connectivity index (χ4v) is 7.57. The van der Waals surface area contributed by atoms with E-state index in [2.05, 4.69) is 180 Å². The summed E-state index contributed by atoms with van der Waals surface area (Å²) in [6, 6.07) is 34.6. The molecule has 0 radical (unpaired) electrons. The van der Waals surface area contributed by atoms with Crippen molar-refractivity contribution in [2.75, 3.05) is 0 Å². The highest BCUT2D eigenvalue weighted by Crippen LogP contribution is 2.54. The summed E-state index contributed by atoms with van der Waals surface area (Å²) >= 11 is 0. The van der Waals surface area contributed by atoms with E-state index in [1.807, 2.05) is 0 Å². The second-order valence-electron chi connectivity index (χ2n) is 17.2. The Hall–Kier alpha value is -4.18. The Kier molecular flexibility index (Phi) is 8.49. The normalized spacial score (nSPS) is 20.3. The highest BCUT2D eigenvalue weighted by molar-refractivity contribution is 6.06. The van der Waals surface area contributed by atoms with Crippen LogP contribution < -0.4 is 0 Å². The Balaban J connectivity index is 1.53. The Morgan fingerprint density at radius 3 is 0.837 bits per heavy atom. The van der Waals surface area contributed by atoms with Crippen LogP contribution in [0.3, 0.4) is 0 Å². The van der Waals surface area contributed by atoms with Crippen LogP contribution in [-0.4, -0.2) is 23.9 Å². The first-order chi connectivity index (χ1) is 22.9. The first-order valence-electron chi connectivity index (χ1n) is 17.7. The Labute approximate surface area is 294 Å². The lowest BCUT2D eigenvalue weighted by Gasteiger charge is -2.42. The van der Waals surface area contributed by atoms with Crippen LogP contribution in [0.15, 0.2) is 107 Å². The van der Waals surface area contributed by atoms with E-state index in [1.54, 1.807) is 0 Å². The predicted octanol–water partition coefficient (Wildman–Crippen LogP) is 10.8. The highest BCUT2D eigenvalue weighted by atomic mass is 16.5. The lowest BCUT2D eigenvalue weighted by Crippen LogP contribution is -2.47. The van der Waals surface area contributed by atoms with Crippen molar-refractivity contribution in [1.82, 2.24) is 0 Å². The zero-order valence-electron chi connectivity index (χ0n) is 31.6. The maximum Gasteiger partial charge on any atom is 0.200 e. The van der Waals surface area contributed by atoms with E-state index in [4.69, 9.17) is 19.5 Å². The molecule has 0 fully saturated rings. The number of nitrogens with zero attached hydrogens (tertiary/aromatic N) is 2. The van der Waals surface area contributed by atoms with Crippen molar-refractivity contribution in [2.45, 2.75) is 106 Å². The topological polar surface area (TPSA) is 43.2 Å². The molecule has 2 heterocycles. The van der Waals surface area contributed by atoms with Gasteiger partial charge in [-0.1, -0.05) is 161 Å². The van der Waals surface area contributed by atoms with Crippen LogP contribution in [0, 0.1) is 43.9 Å². The van der Waals surface area contributed by atoms with Crippen molar-refractivity contribution in [2.24, 2.45) is 26.2 Å². The smallest absolute Gasteiger partial charge is 0.200 e. The Morgan fingerprint density at radius 1 is 0.408 bits per heavy atom. The molecule has 2 aliphatic heterocycles. The Morgan fingerprint density at radius 2 is 0.633 bits per heavy atom. The minimum Gasteiger partial charge on any atom is -0.462 e. The van der Waals surface area contributed by atoms with Crippen molar-refractivity contribution in [3.8, 4) is 0 Å². The molecule has 6 rings (SSSR count). The van der Waals surface area contributed by atoms with Crippen molar-refractivity contribution < 1.29 is 9.47 Å². The summed E-state index contributed by atoms with van der Waals surface area (Å²) in [6.45, 7) is 26.4. The Bertz CT molecular complexity index is 1630. The number of aryl methyl sites for hydroxylation is 4. The molecule has 4 heteroatoms. The number of aliphatic imine (C=N–C) groups is 2.